The number of hydrogen-bond donors (Lipinski definition) is 2. The summed E-state index contributed by atoms with van der Waals surface area (Å²) in [5.41, 5.74) is 1.76. The van der Waals surface area contributed by atoms with Crippen molar-refractivity contribution in [1.29, 1.82) is 0 Å². The van der Waals surface area contributed by atoms with Crippen molar-refractivity contribution in [2.75, 3.05) is 5.32 Å². The summed E-state index contributed by atoms with van der Waals surface area (Å²) in [5, 5.41) is 11.6. The van der Waals surface area contributed by atoms with E-state index in [9.17, 15) is 9.59 Å². The minimum absolute atomic E-state index is 0.172. The van der Waals surface area contributed by atoms with E-state index in [4.69, 9.17) is 9.84 Å². The van der Waals surface area contributed by atoms with Gasteiger partial charge in [0.25, 0.3) is 5.91 Å². The van der Waals surface area contributed by atoms with Gasteiger partial charge in [-0.1, -0.05) is 19.1 Å². The second-order valence-corrected chi connectivity index (χ2v) is 5.20. The summed E-state index contributed by atoms with van der Waals surface area (Å²) in [7, 11) is 0. The smallest absolute Gasteiger partial charge is 0.335 e. The molecule has 0 radical (unpaired) electrons. The monoisotopic (exact) mass is 313 g/mol. The van der Waals surface area contributed by atoms with Crippen molar-refractivity contribution in [1.82, 2.24) is 0 Å². The molecule has 2 aromatic carbocycles. The third-order valence-corrected chi connectivity index (χ3v) is 3.33. The number of ether oxygens (including phenoxy) is 1. The highest BCUT2D eigenvalue weighted by Crippen LogP contribution is 2.17. The topological polar surface area (TPSA) is 75.6 Å². The lowest BCUT2D eigenvalue weighted by Gasteiger charge is -2.17. The molecule has 0 unspecified atom stereocenters. The summed E-state index contributed by atoms with van der Waals surface area (Å²) in [5.74, 6) is -0.623. The average molecular weight is 313 g/mol. The molecular weight excluding hydrogens is 294 g/mol. The third kappa shape index (κ3) is 4.57. The van der Waals surface area contributed by atoms with Crippen LogP contribution >= 0.6 is 0 Å². The zero-order chi connectivity index (χ0) is 16.8. The first-order valence-electron chi connectivity index (χ1n) is 7.37. The fourth-order valence-electron chi connectivity index (χ4n) is 2.09. The van der Waals surface area contributed by atoms with E-state index < -0.39 is 12.1 Å². The summed E-state index contributed by atoms with van der Waals surface area (Å²) in [6.45, 7) is 3.82. The number of carboxylic acid groups (broad SMARTS) is 1. The lowest BCUT2D eigenvalue weighted by molar-refractivity contribution is -0.122. The van der Waals surface area contributed by atoms with Crippen molar-refractivity contribution in [2.24, 2.45) is 0 Å². The Bertz CT molecular complexity index is 694. The van der Waals surface area contributed by atoms with Crippen molar-refractivity contribution in [2.45, 2.75) is 26.4 Å². The van der Waals surface area contributed by atoms with Crippen LogP contribution in [0.2, 0.25) is 0 Å². The highest BCUT2D eigenvalue weighted by molar-refractivity contribution is 5.95. The van der Waals surface area contributed by atoms with Crippen LogP contribution in [0, 0.1) is 6.92 Å². The maximum Gasteiger partial charge on any atom is 0.335 e. The fourth-order valence-corrected chi connectivity index (χ4v) is 2.09. The Balaban J connectivity index is 2.03. The molecule has 1 atom stereocenters. The van der Waals surface area contributed by atoms with Crippen LogP contribution in [0.25, 0.3) is 0 Å². The van der Waals surface area contributed by atoms with Crippen LogP contribution in [0.3, 0.4) is 0 Å². The molecule has 2 aromatic rings. The van der Waals surface area contributed by atoms with Gasteiger partial charge in [0.1, 0.15) is 5.75 Å². The molecule has 0 saturated heterocycles. The number of carbonyl (C=O) groups excluding carboxylic acids is 1. The predicted octanol–water partition coefficient (Wildman–Crippen LogP) is 3.49. The van der Waals surface area contributed by atoms with E-state index in [0.29, 0.717) is 17.9 Å². The molecule has 0 aliphatic rings. The molecular formula is C18H19NO4. The highest BCUT2D eigenvalue weighted by Gasteiger charge is 2.18. The van der Waals surface area contributed by atoms with Crippen LogP contribution in [0.5, 0.6) is 5.75 Å². The normalized spacial score (nSPS) is 11.6. The van der Waals surface area contributed by atoms with E-state index in [2.05, 4.69) is 5.32 Å². The Kier molecular flexibility index (Phi) is 5.36. The zero-order valence-corrected chi connectivity index (χ0v) is 13.1. The molecule has 2 rings (SSSR count). The number of carbonyl (C=O) groups is 2. The Morgan fingerprint density at radius 2 is 1.87 bits per heavy atom. The maximum absolute atomic E-state index is 12.3. The molecule has 2 N–H and O–H groups in total. The number of nitrogens with one attached hydrogen (secondary N) is 1. The van der Waals surface area contributed by atoms with Crippen molar-refractivity contribution in [3.05, 3.63) is 59.7 Å². The Morgan fingerprint density at radius 3 is 2.43 bits per heavy atom. The average Bonchev–Trinajstić information content (AvgIpc) is 2.53. The lowest BCUT2D eigenvalue weighted by Crippen LogP contribution is -2.32. The van der Waals surface area contributed by atoms with Crippen LogP contribution in [-0.2, 0) is 4.79 Å². The molecule has 0 aliphatic heterocycles. The summed E-state index contributed by atoms with van der Waals surface area (Å²) in [6.07, 6.45) is -0.0940. The van der Waals surface area contributed by atoms with Gasteiger partial charge in [-0.2, -0.15) is 0 Å². The van der Waals surface area contributed by atoms with E-state index in [-0.39, 0.29) is 11.5 Å². The molecule has 0 heterocycles. The number of carboxylic acids is 1. The van der Waals surface area contributed by atoms with Crippen molar-refractivity contribution < 1.29 is 19.4 Å². The van der Waals surface area contributed by atoms with Crippen LogP contribution in [0.15, 0.2) is 48.5 Å². The fraction of sp³-hybridized carbons (Fsp3) is 0.222. The minimum atomic E-state index is -1.00. The quantitative estimate of drug-likeness (QED) is 0.856. The Morgan fingerprint density at radius 1 is 1.17 bits per heavy atom. The van der Waals surface area contributed by atoms with Gasteiger partial charge in [0.2, 0.25) is 0 Å². The van der Waals surface area contributed by atoms with Gasteiger partial charge in [0, 0.05) is 5.69 Å². The molecule has 0 spiro atoms. The highest BCUT2D eigenvalue weighted by atomic mass is 16.5. The Labute approximate surface area is 134 Å². The van der Waals surface area contributed by atoms with Crippen LogP contribution in [0.1, 0.15) is 29.3 Å². The number of benzene rings is 2. The van der Waals surface area contributed by atoms with Crippen LogP contribution in [-0.4, -0.2) is 23.1 Å². The number of anilines is 1. The second kappa shape index (κ2) is 7.45. The molecule has 0 fully saturated rings. The molecule has 23 heavy (non-hydrogen) atoms. The van der Waals surface area contributed by atoms with Gasteiger partial charge in [0.05, 0.1) is 5.56 Å². The van der Waals surface area contributed by atoms with Gasteiger partial charge in [-0.05, 0) is 55.3 Å². The van der Waals surface area contributed by atoms with Crippen molar-refractivity contribution >= 4 is 17.6 Å². The summed E-state index contributed by atoms with van der Waals surface area (Å²) >= 11 is 0. The van der Waals surface area contributed by atoms with Crippen LogP contribution < -0.4 is 10.1 Å². The lowest BCUT2D eigenvalue weighted by atomic mass is 10.2. The van der Waals surface area contributed by atoms with Crippen molar-refractivity contribution in [3.63, 3.8) is 0 Å². The molecule has 120 valence electrons. The van der Waals surface area contributed by atoms with Gasteiger partial charge < -0.3 is 15.2 Å². The molecule has 0 bridgehead atoms. The first-order chi connectivity index (χ1) is 11.0. The summed E-state index contributed by atoms with van der Waals surface area (Å²) < 4.78 is 5.73. The van der Waals surface area contributed by atoms with E-state index in [1.807, 2.05) is 38.1 Å². The molecule has 0 aromatic heterocycles. The Hall–Kier alpha value is -2.82. The number of aryl methyl sites for hydroxylation is 1. The van der Waals surface area contributed by atoms with Gasteiger partial charge in [-0.25, -0.2) is 4.79 Å². The van der Waals surface area contributed by atoms with E-state index >= 15 is 0 Å². The molecule has 0 saturated carbocycles. The molecule has 5 heteroatoms. The largest absolute Gasteiger partial charge is 0.481 e. The molecule has 1 amide bonds. The summed E-state index contributed by atoms with van der Waals surface area (Å²) in [4.78, 5) is 23.1. The van der Waals surface area contributed by atoms with Crippen molar-refractivity contribution in [3.8, 4) is 5.75 Å². The number of aromatic carboxylic acids is 1. The van der Waals surface area contributed by atoms with E-state index in [1.165, 1.54) is 12.1 Å². The van der Waals surface area contributed by atoms with Gasteiger partial charge in [-0.3, -0.25) is 4.79 Å². The molecule has 0 aliphatic carbocycles. The number of amides is 1. The maximum atomic E-state index is 12.3. The SMILES string of the molecule is CC[C@@H](Oc1cccc(C)c1)C(=O)Nc1ccc(C(=O)O)cc1. The van der Waals surface area contributed by atoms with E-state index in [0.717, 1.165) is 5.56 Å². The standard InChI is InChI=1S/C18H19NO4/c1-3-16(23-15-6-4-5-12(2)11-15)17(20)19-14-9-7-13(8-10-14)18(21)22/h4-11,16H,3H2,1-2H3,(H,19,20)(H,21,22)/t16-/m1/s1. The zero-order valence-electron chi connectivity index (χ0n) is 13.1. The van der Waals surface area contributed by atoms with Gasteiger partial charge in [-0.15, -0.1) is 0 Å². The predicted molar refractivity (Wildman–Crippen MR) is 87.9 cm³/mol. The summed E-state index contributed by atoms with van der Waals surface area (Å²) in [6, 6.07) is 13.5. The molecule has 5 nitrogen and oxygen atoms in total. The third-order valence-electron chi connectivity index (χ3n) is 3.33. The first-order valence-corrected chi connectivity index (χ1v) is 7.37. The van der Waals surface area contributed by atoms with E-state index in [1.54, 1.807) is 12.1 Å². The first kappa shape index (κ1) is 16.5. The number of hydrogen-bond acceptors (Lipinski definition) is 3. The minimum Gasteiger partial charge on any atom is -0.481 e. The van der Waals surface area contributed by atoms with Crippen LogP contribution in [0.4, 0.5) is 5.69 Å². The number of rotatable bonds is 6. The van der Waals surface area contributed by atoms with Gasteiger partial charge in [0.15, 0.2) is 6.10 Å². The second-order valence-electron chi connectivity index (χ2n) is 5.20. The van der Waals surface area contributed by atoms with Gasteiger partial charge >= 0.3 is 5.97 Å².